The Hall–Kier alpha value is -2.03. The van der Waals surface area contributed by atoms with Gasteiger partial charge < -0.3 is 19.8 Å². The van der Waals surface area contributed by atoms with E-state index in [1.165, 1.54) is 4.80 Å². The van der Waals surface area contributed by atoms with E-state index < -0.39 is 17.3 Å². The number of ether oxygens (including phenoxy) is 1. The second kappa shape index (κ2) is 6.29. The Morgan fingerprint density at radius 1 is 1.23 bits per heavy atom. The van der Waals surface area contributed by atoms with Crippen LogP contribution in [0.1, 0.15) is 26.2 Å². The minimum atomic E-state index is -1.15. The van der Waals surface area contributed by atoms with Crippen molar-refractivity contribution in [1.82, 2.24) is 19.9 Å². The molecule has 4 rings (SSSR count). The van der Waals surface area contributed by atoms with Gasteiger partial charge in [0.05, 0.1) is 12.2 Å². The molecule has 2 saturated heterocycles. The minimum absolute atomic E-state index is 0.0581. The van der Waals surface area contributed by atoms with Crippen LogP contribution in [0, 0.1) is 0 Å². The third kappa shape index (κ3) is 2.98. The predicted octanol–water partition coefficient (Wildman–Crippen LogP) is 0.325. The van der Waals surface area contributed by atoms with Crippen molar-refractivity contribution < 1.29 is 19.7 Å². The molecule has 0 aliphatic carbocycles. The van der Waals surface area contributed by atoms with Crippen LogP contribution in [0.25, 0.3) is 11.0 Å². The average Bonchev–Trinajstić information content (AvgIpc) is 3.02. The Bertz CT molecular complexity index is 777. The van der Waals surface area contributed by atoms with E-state index in [1.807, 2.05) is 24.3 Å². The van der Waals surface area contributed by atoms with E-state index in [2.05, 4.69) is 10.2 Å². The summed E-state index contributed by atoms with van der Waals surface area (Å²) in [6, 6.07) is 7.50. The summed E-state index contributed by atoms with van der Waals surface area (Å²) in [5.74, 6) is -0.0581. The smallest absolute Gasteiger partial charge is 0.246 e. The molecule has 2 aliphatic rings. The van der Waals surface area contributed by atoms with Gasteiger partial charge in [-0.2, -0.15) is 15.0 Å². The average molecular weight is 360 g/mol. The highest BCUT2D eigenvalue weighted by molar-refractivity contribution is 5.77. The number of rotatable bonds is 2. The maximum Gasteiger partial charge on any atom is 0.246 e. The van der Waals surface area contributed by atoms with Crippen molar-refractivity contribution in [2.24, 2.45) is 0 Å². The molecule has 3 heterocycles. The van der Waals surface area contributed by atoms with E-state index in [9.17, 15) is 15.0 Å². The number of aromatic nitrogens is 3. The van der Waals surface area contributed by atoms with Gasteiger partial charge in [0.25, 0.3) is 0 Å². The van der Waals surface area contributed by atoms with Crippen LogP contribution >= 0.6 is 0 Å². The van der Waals surface area contributed by atoms with E-state index >= 15 is 0 Å². The summed E-state index contributed by atoms with van der Waals surface area (Å²) in [5, 5.41) is 29.6. The normalized spacial score (nSPS) is 28.6. The molecule has 2 aromatic rings. The Morgan fingerprint density at radius 2 is 1.85 bits per heavy atom. The highest BCUT2D eigenvalue weighted by Gasteiger charge is 2.52. The highest BCUT2D eigenvalue weighted by Crippen LogP contribution is 2.39. The molecule has 0 saturated carbocycles. The van der Waals surface area contributed by atoms with Crippen molar-refractivity contribution in [3.63, 3.8) is 0 Å². The fraction of sp³-hybridized carbons (Fsp3) is 0.611. The number of carbonyl (C=O) groups excluding carboxylic acids is 1. The van der Waals surface area contributed by atoms with E-state index in [0.29, 0.717) is 39.0 Å². The topological polar surface area (TPSA) is 101 Å². The number of fused-ring (bicyclic) bond motifs is 1. The summed E-state index contributed by atoms with van der Waals surface area (Å²) >= 11 is 0. The van der Waals surface area contributed by atoms with Crippen LogP contribution < -0.4 is 0 Å². The molecule has 2 atom stereocenters. The zero-order chi connectivity index (χ0) is 18.4. The zero-order valence-corrected chi connectivity index (χ0v) is 14.8. The number of nitrogens with zero attached hydrogens (tertiary/aromatic N) is 4. The van der Waals surface area contributed by atoms with Crippen LogP contribution in [0.2, 0.25) is 0 Å². The standard InChI is InChI=1S/C18H24N4O4/c1-17(25)8-11-26-18(16(17)24)6-9-21(10-7-18)15(23)12-22-19-13-4-2-3-5-14(13)20-22/h2-5,16,24-25H,6-12H2,1H3/t16-,17+/m0/s1. The Balaban J connectivity index is 1.40. The second-order valence-electron chi connectivity index (χ2n) is 7.52. The molecule has 8 heteroatoms. The molecule has 0 unspecified atom stereocenters. The molecule has 8 nitrogen and oxygen atoms in total. The maximum atomic E-state index is 12.6. The highest BCUT2D eigenvalue weighted by atomic mass is 16.5. The first-order valence-electron chi connectivity index (χ1n) is 9.02. The molecule has 1 aromatic carbocycles. The van der Waals surface area contributed by atoms with Crippen molar-refractivity contribution in [2.45, 2.75) is 50.0 Å². The van der Waals surface area contributed by atoms with Gasteiger partial charge in [0.2, 0.25) is 5.91 Å². The summed E-state index contributed by atoms with van der Waals surface area (Å²) in [6.07, 6.45) is 0.478. The van der Waals surface area contributed by atoms with Gasteiger partial charge in [0, 0.05) is 19.5 Å². The number of benzene rings is 1. The van der Waals surface area contributed by atoms with Gasteiger partial charge in [0.15, 0.2) is 0 Å². The molecular weight excluding hydrogens is 336 g/mol. The first kappa shape index (κ1) is 17.4. The van der Waals surface area contributed by atoms with Gasteiger partial charge in [-0.15, -0.1) is 0 Å². The third-order valence-corrected chi connectivity index (χ3v) is 5.65. The summed E-state index contributed by atoms with van der Waals surface area (Å²) in [6.45, 7) is 3.11. The molecule has 1 spiro atoms. The van der Waals surface area contributed by atoms with Crippen LogP contribution in [-0.2, 0) is 16.1 Å². The first-order valence-corrected chi connectivity index (χ1v) is 9.02. The van der Waals surface area contributed by atoms with Crippen molar-refractivity contribution in [2.75, 3.05) is 19.7 Å². The minimum Gasteiger partial charge on any atom is -0.387 e. The van der Waals surface area contributed by atoms with E-state index in [4.69, 9.17) is 4.74 Å². The SMILES string of the molecule is C[C@@]1(O)CCOC2(CCN(C(=O)Cn3nc4ccccc4n3)CC2)[C@H]1O. The lowest BCUT2D eigenvalue weighted by Gasteiger charge is -2.51. The number of carbonyl (C=O) groups is 1. The number of piperidine rings is 1. The monoisotopic (exact) mass is 360 g/mol. The van der Waals surface area contributed by atoms with Gasteiger partial charge in [-0.3, -0.25) is 4.79 Å². The van der Waals surface area contributed by atoms with E-state index in [1.54, 1.807) is 11.8 Å². The van der Waals surface area contributed by atoms with Crippen molar-refractivity contribution in [3.05, 3.63) is 24.3 Å². The lowest BCUT2D eigenvalue weighted by atomic mass is 9.75. The number of likely N-dealkylation sites (tertiary alicyclic amines) is 1. The van der Waals surface area contributed by atoms with E-state index in [0.717, 1.165) is 11.0 Å². The number of hydrogen-bond donors (Lipinski definition) is 2. The lowest BCUT2D eigenvalue weighted by Crippen LogP contribution is -2.64. The Labute approximate surface area is 151 Å². The molecule has 1 aromatic heterocycles. The lowest BCUT2D eigenvalue weighted by molar-refractivity contribution is -0.245. The molecule has 2 N–H and O–H groups in total. The van der Waals surface area contributed by atoms with Crippen molar-refractivity contribution >= 4 is 16.9 Å². The number of amides is 1. The molecule has 140 valence electrons. The van der Waals surface area contributed by atoms with Crippen LogP contribution in [0.3, 0.4) is 0 Å². The third-order valence-electron chi connectivity index (χ3n) is 5.65. The summed E-state index contributed by atoms with van der Waals surface area (Å²) < 4.78 is 5.86. The summed E-state index contributed by atoms with van der Waals surface area (Å²) in [5.41, 5.74) is -0.390. The van der Waals surface area contributed by atoms with Crippen molar-refractivity contribution in [1.29, 1.82) is 0 Å². The largest absolute Gasteiger partial charge is 0.387 e. The van der Waals surface area contributed by atoms with Gasteiger partial charge in [-0.25, -0.2) is 0 Å². The fourth-order valence-electron chi connectivity index (χ4n) is 3.99. The van der Waals surface area contributed by atoms with Gasteiger partial charge >= 0.3 is 0 Å². The molecular formula is C18H24N4O4. The summed E-state index contributed by atoms with van der Waals surface area (Å²) in [7, 11) is 0. The van der Waals surface area contributed by atoms with E-state index in [-0.39, 0.29) is 12.5 Å². The molecule has 2 aliphatic heterocycles. The first-order chi connectivity index (χ1) is 12.4. The van der Waals surface area contributed by atoms with Gasteiger partial charge in [-0.1, -0.05) is 12.1 Å². The van der Waals surface area contributed by atoms with Crippen molar-refractivity contribution in [3.8, 4) is 0 Å². The molecule has 26 heavy (non-hydrogen) atoms. The summed E-state index contributed by atoms with van der Waals surface area (Å²) in [4.78, 5) is 15.8. The second-order valence-corrected chi connectivity index (χ2v) is 7.52. The zero-order valence-electron chi connectivity index (χ0n) is 14.8. The van der Waals surface area contributed by atoms with Crippen LogP contribution in [0.5, 0.6) is 0 Å². The molecule has 2 fully saturated rings. The molecule has 0 radical (unpaired) electrons. The maximum absolute atomic E-state index is 12.6. The van der Waals surface area contributed by atoms with Crippen LogP contribution in [0.4, 0.5) is 0 Å². The van der Waals surface area contributed by atoms with Crippen LogP contribution in [-0.4, -0.2) is 73.0 Å². The quantitative estimate of drug-likeness (QED) is 0.800. The fourth-order valence-corrected chi connectivity index (χ4v) is 3.99. The Morgan fingerprint density at radius 3 is 2.46 bits per heavy atom. The van der Waals surface area contributed by atoms with Gasteiger partial charge in [-0.05, 0) is 31.9 Å². The number of hydrogen-bond acceptors (Lipinski definition) is 6. The Kier molecular flexibility index (Phi) is 4.21. The molecule has 1 amide bonds. The number of aliphatic hydroxyl groups is 2. The predicted molar refractivity (Wildman–Crippen MR) is 93.3 cm³/mol. The number of aliphatic hydroxyl groups excluding tert-OH is 1. The van der Waals surface area contributed by atoms with Crippen LogP contribution in [0.15, 0.2) is 24.3 Å². The van der Waals surface area contributed by atoms with Gasteiger partial charge in [0.1, 0.15) is 29.3 Å². The molecule has 0 bridgehead atoms.